The molecule has 8 nitrogen and oxygen atoms in total. The van der Waals surface area contributed by atoms with Crippen molar-refractivity contribution in [1.29, 1.82) is 0 Å². The normalized spacial score (nSPS) is 20.4. The molecule has 1 aliphatic rings. The molecule has 0 fully saturated rings. The Kier molecular flexibility index (Phi) is 6.60. The molecule has 0 unspecified atom stereocenters. The summed E-state index contributed by atoms with van der Waals surface area (Å²) in [6, 6.07) is 2.28. The summed E-state index contributed by atoms with van der Waals surface area (Å²) in [5.41, 5.74) is 3.99. The fourth-order valence-corrected chi connectivity index (χ4v) is 3.46. The van der Waals surface area contributed by atoms with E-state index in [1.807, 2.05) is 6.92 Å². The summed E-state index contributed by atoms with van der Waals surface area (Å²) in [6.45, 7) is 5.53. The second-order valence-electron chi connectivity index (χ2n) is 5.95. The summed E-state index contributed by atoms with van der Waals surface area (Å²) < 4.78 is 10.6. The summed E-state index contributed by atoms with van der Waals surface area (Å²) in [6.07, 6.45) is 1.28. The van der Waals surface area contributed by atoms with Gasteiger partial charge in [-0.15, -0.1) is 0 Å². The van der Waals surface area contributed by atoms with Crippen molar-refractivity contribution in [3.05, 3.63) is 28.3 Å². The number of carbonyl (C=O) groups is 2. The maximum absolute atomic E-state index is 12.7. The van der Waals surface area contributed by atoms with Crippen LogP contribution in [0.5, 0.6) is 5.75 Å². The quantitative estimate of drug-likeness (QED) is 0.697. The average molecular weight is 381 g/mol. The summed E-state index contributed by atoms with van der Waals surface area (Å²) in [5.74, 6) is 0.0982. The lowest BCUT2D eigenvalue weighted by Gasteiger charge is -2.24. The van der Waals surface area contributed by atoms with Crippen molar-refractivity contribution in [2.75, 3.05) is 12.4 Å². The van der Waals surface area contributed by atoms with E-state index in [9.17, 15) is 14.4 Å². The molecule has 0 saturated heterocycles. The number of nitrogens with one attached hydrogen (secondary N) is 1. The minimum Gasteiger partial charge on any atom is -0.493 e. The van der Waals surface area contributed by atoms with Crippen molar-refractivity contribution in [3.63, 3.8) is 0 Å². The lowest BCUT2D eigenvalue weighted by atomic mass is 10.1. The molecule has 9 heteroatoms. The number of carbonyl (C=O) groups excluding carboxylic acids is 2. The number of hydrogen-bond donors (Lipinski definition) is 2. The molecule has 0 bridgehead atoms. The van der Waals surface area contributed by atoms with Gasteiger partial charge in [0.15, 0.2) is 11.4 Å². The number of thioether (sulfide) groups is 1. The molecule has 142 valence electrons. The molecular formula is C17H23N3O5S. The molecule has 1 amide bonds. The molecule has 0 aromatic carbocycles. The van der Waals surface area contributed by atoms with Crippen molar-refractivity contribution >= 4 is 28.5 Å². The van der Waals surface area contributed by atoms with Gasteiger partial charge < -0.3 is 14.5 Å². The highest BCUT2D eigenvalue weighted by Gasteiger charge is 2.41. The largest absolute Gasteiger partial charge is 0.493 e. The van der Waals surface area contributed by atoms with Gasteiger partial charge >= 0.3 is 5.63 Å². The fourth-order valence-electron chi connectivity index (χ4n) is 2.47. The Morgan fingerprint density at radius 3 is 2.77 bits per heavy atom. The topological polar surface area (TPSA) is 124 Å². The van der Waals surface area contributed by atoms with Gasteiger partial charge in [0.05, 0.1) is 18.7 Å². The molecule has 2 heterocycles. The first-order chi connectivity index (χ1) is 12.3. The highest BCUT2D eigenvalue weighted by molar-refractivity contribution is 8.16. The highest BCUT2D eigenvalue weighted by Crippen LogP contribution is 2.27. The first-order valence-electron chi connectivity index (χ1n) is 8.40. The molecule has 0 aliphatic carbocycles. The summed E-state index contributed by atoms with van der Waals surface area (Å²) in [7, 11) is 0. The van der Waals surface area contributed by atoms with Gasteiger partial charge in [-0.05, 0) is 13.3 Å². The van der Waals surface area contributed by atoms with Crippen molar-refractivity contribution in [2.24, 2.45) is 10.7 Å². The zero-order valence-electron chi connectivity index (χ0n) is 15.0. The summed E-state index contributed by atoms with van der Waals surface area (Å²) in [4.78, 5) is 39.9. The van der Waals surface area contributed by atoms with E-state index in [1.165, 1.54) is 13.0 Å². The molecule has 1 aliphatic heterocycles. The third-order valence-corrected chi connectivity index (χ3v) is 4.96. The van der Waals surface area contributed by atoms with E-state index in [0.29, 0.717) is 24.5 Å². The van der Waals surface area contributed by atoms with E-state index in [-0.39, 0.29) is 16.6 Å². The van der Waals surface area contributed by atoms with Crippen LogP contribution in [0.15, 0.2) is 26.3 Å². The van der Waals surface area contributed by atoms with Crippen LogP contribution >= 0.6 is 11.8 Å². The zero-order valence-corrected chi connectivity index (χ0v) is 15.9. The molecule has 0 saturated carbocycles. The van der Waals surface area contributed by atoms with Crippen LogP contribution in [0.1, 0.15) is 45.4 Å². The molecule has 0 radical (unpaired) electrons. The molecule has 2 atom stereocenters. The summed E-state index contributed by atoms with van der Waals surface area (Å²) >= 11 is 1.15. The molecule has 3 N–H and O–H groups in total. The Labute approximate surface area is 155 Å². The standard InChI is InChI=1S/C17H23N3O5S/c1-4-6-12(13-7-11(24-5-2)8-14(22)25-13)19-16(23)17(18)9-26-15(20-17)10(3)21/h7-8,12H,4-6,9,18H2,1-3H3,(H,19,23)/t12-,17+/m1/s1. The van der Waals surface area contributed by atoms with Crippen LogP contribution < -0.4 is 21.4 Å². The van der Waals surface area contributed by atoms with Gasteiger partial charge in [-0.2, -0.15) is 0 Å². The number of ketones is 1. The summed E-state index contributed by atoms with van der Waals surface area (Å²) in [5, 5.41) is 3.02. The van der Waals surface area contributed by atoms with Gasteiger partial charge in [0.2, 0.25) is 0 Å². The van der Waals surface area contributed by atoms with Crippen LogP contribution in [0.2, 0.25) is 0 Å². The van der Waals surface area contributed by atoms with E-state index < -0.39 is 23.2 Å². The van der Waals surface area contributed by atoms with Gasteiger partial charge in [0.25, 0.3) is 5.91 Å². The number of nitrogens with zero attached hydrogens (tertiary/aromatic N) is 1. The van der Waals surface area contributed by atoms with Crippen LogP contribution in [0.3, 0.4) is 0 Å². The Hall–Kier alpha value is -2.13. The van der Waals surface area contributed by atoms with Crippen molar-refractivity contribution in [3.8, 4) is 5.75 Å². The third-order valence-electron chi connectivity index (χ3n) is 3.72. The Morgan fingerprint density at radius 1 is 1.46 bits per heavy atom. The van der Waals surface area contributed by atoms with E-state index >= 15 is 0 Å². The second kappa shape index (κ2) is 8.50. The van der Waals surface area contributed by atoms with Crippen molar-refractivity contribution in [1.82, 2.24) is 5.32 Å². The number of ether oxygens (including phenoxy) is 1. The first-order valence-corrected chi connectivity index (χ1v) is 9.39. The molecule has 2 rings (SSSR count). The minimum absolute atomic E-state index is 0.176. The van der Waals surface area contributed by atoms with Crippen LogP contribution in [0, 0.1) is 0 Å². The Balaban J connectivity index is 2.25. The van der Waals surface area contributed by atoms with Gasteiger partial charge in [-0.1, -0.05) is 25.1 Å². The van der Waals surface area contributed by atoms with Gasteiger partial charge in [-0.3, -0.25) is 15.3 Å². The Bertz CT molecular complexity index is 776. The molecular weight excluding hydrogens is 358 g/mol. The van der Waals surface area contributed by atoms with Crippen molar-refractivity contribution in [2.45, 2.75) is 45.3 Å². The van der Waals surface area contributed by atoms with Crippen LogP contribution in [0.25, 0.3) is 0 Å². The van der Waals surface area contributed by atoms with Gasteiger partial charge in [0.1, 0.15) is 16.6 Å². The van der Waals surface area contributed by atoms with Crippen LogP contribution in [0.4, 0.5) is 0 Å². The minimum atomic E-state index is -1.52. The predicted molar refractivity (Wildman–Crippen MR) is 99.4 cm³/mol. The Morgan fingerprint density at radius 2 is 2.19 bits per heavy atom. The smallest absolute Gasteiger partial charge is 0.339 e. The number of amides is 1. The van der Waals surface area contributed by atoms with Crippen molar-refractivity contribution < 1.29 is 18.7 Å². The highest BCUT2D eigenvalue weighted by atomic mass is 32.2. The lowest BCUT2D eigenvalue weighted by Crippen LogP contribution is -2.54. The fraction of sp³-hybridized carbons (Fsp3) is 0.529. The number of Topliss-reactive ketones (excluding diaryl/α,β-unsaturated/α-hetero) is 1. The molecule has 1 aromatic rings. The lowest BCUT2D eigenvalue weighted by molar-refractivity contribution is -0.126. The van der Waals surface area contributed by atoms with Crippen LogP contribution in [-0.4, -0.2) is 34.8 Å². The van der Waals surface area contributed by atoms with E-state index in [0.717, 1.165) is 18.2 Å². The predicted octanol–water partition coefficient (Wildman–Crippen LogP) is 1.39. The maximum Gasteiger partial charge on any atom is 0.339 e. The molecule has 0 spiro atoms. The van der Waals surface area contributed by atoms with E-state index in [4.69, 9.17) is 14.9 Å². The van der Waals surface area contributed by atoms with Crippen LogP contribution in [-0.2, 0) is 9.59 Å². The first kappa shape index (κ1) is 20.2. The second-order valence-corrected chi connectivity index (χ2v) is 6.91. The number of nitrogens with two attached hydrogens (primary N) is 1. The van der Waals surface area contributed by atoms with Gasteiger partial charge in [0, 0.05) is 18.7 Å². The zero-order chi connectivity index (χ0) is 19.3. The number of aliphatic imine (C=N–C) groups is 1. The third kappa shape index (κ3) is 4.73. The molecule has 26 heavy (non-hydrogen) atoms. The SMILES string of the molecule is CCC[C@@H](NC(=O)[C@]1(N)CSC(C(C)=O)=N1)c1cc(OCC)cc(=O)o1. The van der Waals surface area contributed by atoms with Gasteiger partial charge in [-0.25, -0.2) is 9.79 Å². The molecule has 1 aromatic heterocycles. The number of hydrogen-bond acceptors (Lipinski definition) is 8. The number of rotatable bonds is 8. The monoisotopic (exact) mass is 381 g/mol. The van der Waals surface area contributed by atoms with E-state index in [2.05, 4.69) is 10.3 Å². The van der Waals surface area contributed by atoms with E-state index in [1.54, 1.807) is 13.0 Å². The average Bonchev–Trinajstić information content (AvgIpc) is 2.98. The maximum atomic E-state index is 12.7.